The van der Waals surface area contributed by atoms with E-state index in [4.69, 9.17) is 11.5 Å². The number of amides is 1. The zero-order valence-electron chi connectivity index (χ0n) is 14.5. The molecule has 25 heavy (non-hydrogen) atoms. The minimum atomic E-state index is -0.269. The number of aryl methyl sites for hydroxylation is 1. The van der Waals surface area contributed by atoms with Crippen LogP contribution in [0.4, 0.5) is 5.69 Å². The Labute approximate surface area is 147 Å². The van der Waals surface area contributed by atoms with Crippen LogP contribution in [0.3, 0.4) is 0 Å². The number of rotatable bonds is 5. The van der Waals surface area contributed by atoms with Crippen molar-refractivity contribution in [1.29, 1.82) is 0 Å². The van der Waals surface area contributed by atoms with Gasteiger partial charge in [-0.3, -0.25) is 9.78 Å². The van der Waals surface area contributed by atoms with Crippen LogP contribution in [0.15, 0.2) is 42.4 Å². The van der Waals surface area contributed by atoms with Crippen molar-refractivity contribution in [2.75, 3.05) is 12.8 Å². The van der Waals surface area contributed by atoms with Crippen molar-refractivity contribution in [1.82, 2.24) is 15.6 Å². The molecule has 0 bridgehead atoms. The van der Waals surface area contributed by atoms with Gasteiger partial charge in [-0.2, -0.15) is 0 Å². The summed E-state index contributed by atoms with van der Waals surface area (Å²) in [6.07, 6.45) is 5.55. The van der Waals surface area contributed by atoms with Gasteiger partial charge in [-0.05, 0) is 31.4 Å². The summed E-state index contributed by atoms with van der Waals surface area (Å²) < 4.78 is 0. The number of nitrogens with zero attached hydrogens (tertiary/aromatic N) is 1. The summed E-state index contributed by atoms with van der Waals surface area (Å²) in [4.78, 5) is 16.5. The second-order valence-electron chi connectivity index (χ2n) is 6.24. The van der Waals surface area contributed by atoms with Crippen LogP contribution in [0.25, 0.3) is 16.8 Å². The average molecular weight is 337 g/mol. The molecule has 1 fully saturated rings. The Morgan fingerprint density at radius 1 is 1.24 bits per heavy atom. The minimum absolute atomic E-state index is 0.140. The summed E-state index contributed by atoms with van der Waals surface area (Å²) in [6.45, 7) is 2.01. The molecule has 0 spiro atoms. The van der Waals surface area contributed by atoms with E-state index in [2.05, 4.69) is 15.6 Å². The first-order valence-corrected chi connectivity index (χ1v) is 8.31. The maximum Gasteiger partial charge on any atom is 0.269 e. The number of para-hydroxylation sites is 1. The van der Waals surface area contributed by atoms with Crippen molar-refractivity contribution < 1.29 is 4.79 Å². The van der Waals surface area contributed by atoms with Gasteiger partial charge < -0.3 is 22.1 Å². The van der Waals surface area contributed by atoms with Gasteiger partial charge in [-0.15, -0.1) is 0 Å². The van der Waals surface area contributed by atoms with Crippen LogP contribution in [-0.2, 0) is 4.79 Å². The molecule has 1 aliphatic rings. The molecule has 1 amide bonds. The maximum absolute atomic E-state index is 12.3. The number of nitrogens with one attached hydrogen (secondary N) is 2. The van der Waals surface area contributed by atoms with Crippen LogP contribution in [0.2, 0.25) is 0 Å². The quantitative estimate of drug-likeness (QED) is 0.491. The molecule has 0 saturated heterocycles. The number of hydrogen-bond donors (Lipinski definition) is 4. The van der Waals surface area contributed by atoms with E-state index < -0.39 is 0 Å². The first kappa shape index (κ1) is 16.8. The molecule has 2 aromatic rings. The summed E-state index contributed by atoms with van der Waals surface area (Å²) in [7, 11) is 1.73. The highest BCUT2D eigenvalue weighted by atomic mass is 16.2. The molecule has 6 heteroatoms. The molecule has 0 atom stereocenters. The number of hydrogen-bond acceptors (Lipinski definition) is 5. The highest BCUT2D eigenvalue weighted by Gasteiger charge is 2.25. The van der Waals surface area contributed by atoms with Gasteiger partial charge in [0.15, 0.2) is 0 Å². The third kappa shape index (κ3) is 3.42. The van der Waals surface area contributed by atoms with Crippen LogP contribution in [-0.4, -0.2) is 24.0 Å². The van der Waals surface area contributed by atoms with E-state index in [9.17, 15) is 4.79 Å². The van der Waals surface area contributed by atoms with Gasteiger partial charge in [-0.1, -0.05) is 18.2 Å². The van der Waals surface area contributed by atoms with E-state index >= 15 is 0 Å². The van der Waals surface area contributed by atoms with Crippen molar-refractivity contribution in [3.05, 3.63) is 53.5 Å². The van der Waals surface area contributed by atoms with Crippen molar-refractivity contribution in [3.8, 4) is 11.1 Å². The first-order valence-electron chi connectivity index (χ1n) is 8.31. The lowest BCUT2D eigenvalue weighted by molar-refractivity contribution is -0.117. The number of nitrogens with two attached hydrogens (primary N) is 2. The van der Waals surface area contributed by atoms with E-state index in [1.165, 1.54) is 0 Å². The lowest BCUT2D eigenvalue weighted by atomic mass is 9.96. The highest BCUT2D eigenvalue weighted by Crippen LogP contribution is 2.33. The van der Waals surface area contributed by atoms with Gasteiger partial charge >= 0.3 is 0 Å². The van der Waals surface area contributed by atoms with Crippen LogP contribution in [0.5, 0.6) is 0 Å². The average Bonchev–Trinajstić information content (AvgIpc) is 3.41. The molecule has 0 radical (unpaired) electrons. The standard InChI is InChI=1S/C19H23N5O/c1-11-8-9-23-10-15(11)13-4-3-5-14(16(13)20)18(22-2)17(21)19(25)24-12-6-7-12/h3-5,8-10,12,22H,6-7,20-21H2,1-2H3,(H,24,25)/b18-17+. The molecule has 1 aliphatic carbocycles. The Morgan fingerprint density at radius 3 is 2.64 bits per heavy atom. The Hall–Kier alpha value is -3.02. The third-order valence-corrected chi connectivity index (χ3v) is 4.38. The van der Waals surface area contributed by atoms with Gasteiger partial charge in [0.05, 0.1) is 5.70 Å². The molecular formula is C19H23N5O. The number of pyridine rings is 1. The van der Waals surface area contributed by atoms with Gasteiger partial charge in [0.2, 0.25) is 0 Å². The van der Waals surface area contributed by atoms with Crippen molar-refractivity contribution in [3.63, 3.8) is 0 Å². The molecule has 130 valence electrons. The van der Waals surface area contributed by atoms with E-state index in [-0.39, 0.29) is 17.6 Å². The summed E-state index contributed by atoms with van der Waals surface area (Å²) in [5, 5.41) is 5.93. The molecule has 0 unspecified atom stereocenters. The number of carbonyl (C=O) groups excluding carboxylic acids is 1. The molecular weight excluding hydrogens is 314 g/mol. The predicted octanol–water partition coefficient (Wildman–Crippen LogP) is 1.76. The van der Waals surface area contributed by atoms with Gasteiger partial charge in [-0.25, -0.2) is 0 Å². The largest absolute Gasteiger partial charge is 0.398 e. The smallest absolute Gasteiger partial charge is 0.269 e. The van der Waals surface area contributed by atoms with Gasteiger partial charge in [0.1, 0.15) is 5.70 Å². The zero-order chi connectivity index (χ0) is 18.0. The molecule has 1 aromatic carbocycles. The number of aromatic nitrogens is 1. The normalized spacial score (nSPS) is 14.6. The maximum atomic E-state index is 12.3. The fourth-order valence-electron chi connectivity index (χ4n) is 2.78. The summed E-state index contributed by atoms with van der Waals surface area (Å²) in [5.74, 6) is -0.269. The lowest BCUT2D eigenvalue weighted by Gasteiger charge is -2.17. The Bertz CT molecular complexity index is 839. The van der Waals surface area contributed by atoms with Crippen LogP contribution < -0.4 is 22.1 Å². The van der Waals surface area contributed by atoms with Crippen molar-refractivity contribution >= 4 is 17.3 Å². The molecule has 6 nitrogen and oxygen atoms in total. The lowest BCUT2D eigenvalue weighted by Crippen LogP contribution is -2.32. The topological polar surface area (TPSA) is 106 Å². The molecule has 1 aromatic heterocycles. The van der Waals surface area contributed by atoms with Crippen LogP contribution >= 0.6 is 0 Å². The summed E-state index contributed by atoms with van der Waals surface area (Å²) >= 11 is 0. The fourth-order valence-corrected chi connectivity index (χ4v) is 2.78. The van der Waals surface area contributed by atoms with Gasteiger partial charge in [0, 0.05) is 47.9 Å². The summed E-state index contributed by atoms with van der Waals surface area (Å²) in [6, 6.07) is 7.88. The Morgan fingerprint density at radius 2 is 2.00 bits per heavy atom. The van der Waals surface area contributed by atoms with E-state index in [0.717, 1.165) is 29.5 Å². The third-order valence-electron chi connectivity index (χ3n) is 4.38. The number of benzene rings is 1. The van der Waals surface area contributed by atoms with Crippen LogP contribution in [0.1, 0.15) is 24.0 Å². The fraction of sp³-hybridized carbons (Fsp3) is 0.263. The number of nitrogen functional groups attached to an aromatic ring is 1. The highest BCUT2D eigenvalue weighted by molar-refractivity contribution is 6.02. The second-order valence-corrected chi connectivity index (χ2v) is 6.24. The Kier molecular flexibility index (Phi) is 4.61. The Balaban J connectivity index is 2.05. The second kappa shape index (κ2) is 6.84. The molecule has 1 heterocycles. The molecule has 3 rings (SSSR count). The molecule has 6 N–H and O–H groups in total. The SMILES string of the molecule is CN/C(=C(/N)C(=O)NC1CC1)c1cccc(-c2cnccc2C)c1N. The zero-order valence-corrected chi connectivity index (χ0v) is 14.5. The first-order chi connectivity index (χ1) is 12.0. The van der Waals surface area contributed by atoms with Crippen molar-refractivity contribution in [2.24, 2.45) is 5.73 Å². The van der Waals surface area contributed by atoms with Crippen molar-refractivity contribution in [2.45, 2.75) is 25.8 Å². The van der Waals surface area contributed by atoms with Crippen LogP contribution in [0, 0.1) is 6.92 Å². The van der Waals surface area contributed by atoms with E-state index in [0.29, 0.717) is 16.9 Å². The monoisotopic (exact) mass is 337 g/mol. The number of anilines is 1. The van der Waals surface area contributed by atoms with E-state index in [1.807, 2.05) is 31.2 Å². The van der Waals surface area contributed by atoms with Gasteiger partial charge in [0.25, 0.3) is 5.91 Å². The predicted molar refractivity (Wildman–Crippen MR) is 100 cm³/mol. The van der Waals surface area contributed by atoms with E-state index in [1.54, 1.807) is 19.4 Å². The minimum Gasteiger partial charge on any atom is -0.398 e. The molecule has 1 saturated carbocycles. The summed E-state index contributed by atoms with van der Waals surface area (Å²) in [5.41, 5.74) is 17.4. The number of carbonyl (C=O) groups is 1. The molecule has 0 aliphatic heterocycles.